The van der Waals surface area contributed by atoms with Crippen LogP contribution in [-0.4, -0.2) is 86.7 Å². The van der Waals surface area contributed by atoms with E-state index in [0.717, 1.165) is 11.1 Å². The molecule has 51 heavy (non-hydrogen) atoms. The zero-order valence-corrected chi connectivity index (χ0v) is 30.7. The van der Waals surface area contributed by atoms with Crippen molar-refractivity contribution in [1.82, 2.24) is 4.90 Å². The number of β-lactam (4-membered cyclic amide) rings is 1. The fourth-order valence-corrected chi connectivity index (χ4v) is 11.1. The molecular formula is C37H46FN3O9Si. The van der Waals surface area contributed by atoms with Gasteiger partial charge in [-0.3, -0.25) is 28.9 Å². The minimum absolute atomic E-state index is 0.0175. The third-order valence-corrected chi connectivity index (χ3v) is 13.4. The van der Waals surface area contributed by atoms with Gasteiger partial charge < -0.3 is 33.2 Å². The third-order valence-electron chi connectivity index (χ3n) is 10.9. The Morgan fingerprint density at radius 3 is 2.45 bits per heavy atom. The first-order valence-corrected chi connectivity index (χ1v) is 20.5. The summed E-state index contributed by atoms with van der Waals surface area (Å²) in [7, 11) is -2.31. The highest BCUT2D eigenvalue weighted by molar-refractivity contribution is 6.72. The van der Waals surface area contributed by atoms with Gasteiger partial charge in [-0.25, -0.2) is 0 Å². The quantitative estimate of drug-likeness (QED) is 0.119. The summed E-state index contributed by atoms with van der Waals surface area (Å²) in [6.07, 6.45) is -0.314. The Bertz CT molecular complexity index is 1730. The number of fused-ring (bicyclic) bond motifs is 3. The molecule has 3 amide bonds. The Kier molecular flexibility index (Phi) is 10.1. The largest absolute Gasteiger partial charge is 0.469 e. The number of hydrogen-bond acceptors (Lipinski definition) is 9. The van der Waals surface area contributed by atoms with E-state index in [-0.39, 0.29) is 50.2 Å². The highest BCUT2D eigenvalue weighted by atomic mass is 28.4. The van der Waals surface area contributed by atoms with Crippen molar-refractivity contribution in [3.63, 3.8) is 0 Å². The van der Waals surface area contributed by atoms with Crippen LogP contribution in [-0.2, 0) is 56.7 Å². The summed E-state index contributed by atoms with van der Waals surface area (Å²) in [6, 6.07) is 12.4. The molecule has 1 N–H and O–H groups in total. The van der Waals surface area contributed by atoms with E-state index in [2.05, 4.69) is 0 Å². The van der Waals surface area contributed by atoms with E-state index < -0.39 is 55.7 Å². The smallest absolute Gasteiger partial charge is 0.305 e. The van der Waals surface area contributed by atoms with Gasteiger partial charge in [0.2, 0.25) is 20.2 Å². The minimum atomic E-state index is -3.62. The first kappa shape index (κ1) is 36.6. The lowest BCUT2D eigenvalue weighted by Gasteiger charge is -2.39. The number of aliphatic hydroxyl groups excluding tert-OH is 1. The van der Waals surface area contributed by atoms with E-state index in [4.69, 9.17) is 14.2 Å². The maximum atomic E-state index is 16.5. The first-order chi connectivity index (χ1) is 24.2. The van der Waals surface area contributed by atoms with Gasteiger partial charge >= 0.3 is 11.9 Å². The van der Waals surface area contributed by atoms with Crippen molar-refractivity contribution in [1.29, 1.82) is 0 Å². The maximum Gasteiger partial charge on any atom is 0.305 e. The molecule has 2 fully saturated rings. The molecule has 6 rings (SSSR count). The van der Waals surface area contributed by atoms with Crippen molar-refractivity contribution in [2.24, 2.45) is 5.92 Å². The first-order valence-electron chi connectivity index (χ1n) is 17.6. The highest BCUT2D eigenvalue weighted by Gasteiger charge is 2.67. The molecule has 0 radical (unpaired) electrons. The zero-order valence-electron chi connectivity index (χ0n) is 29.7. The summed E-state index contributed by atoms with van der Waals surface area (Å²) < 4.78 is 33.5. The number of esters is 2. The Morgan fingerprint density at radius 2 is 1.80 bits per heavy atom. The summed E-state index contributed by atoms with van der Waals surface area (Å²) in [5.41, 5.74) is 0.991. The number of methoxy groups -OCH3 is 1. The maximum absolute atomic E-state index is 16.5. The molecule has 4 aliphatic heterocycles. The Labute approximate surface area is 298 Å². The van der Waals surface area contributed by atoms with Crippen molar-refractivity contribution in [2.45, 2.75) is 102 Å². The number of anilines is 2. The lowest BCUT2D eigenvalue weighted by atomic mass is 9.82. The summed E-state index contributed by atoms with van der Waals surface area (Å²) >= 11 is 0. The van der Waals surface area contributed by atoms with E-state index in [1.54, 1.807) is 48.0 Å². The average Bonchev–Trinajstić information content (AvgIpc) is 3.50. The number of rotatable bonds is 11. The van der Waals surface area contributed by atoms with E-state index >= 15 is 4.11 Å². The minimum Gasteiger partial charge on any atom is -0.469 e. The normalized spacial score (nSPS) is 27.0. The van der Waals surface area contributed by atoms with Crippen LogP contribution in [0.4, 0.5) is 15.5 Å². The number of carbonyl (C=O) groups excluding carboxylic acids is 5. The third kappa shape index (κ3) is 6.57. The molecule has 2 aromatic rings. The number of nitrogens with zero attached hydrogens (tertiary/aromatic N) is 3. The van der Waals surface area contributed by atoms with Crippen molar-refractivity contribution in [3.8, 4) is 0 Å². The molecule has 1 unspecified atom stereocenters. The van der Waals surface area contributed by atoms with Crippen molar-refractivity contribution in [2.75, 3.05) is 30.1 Å². The van der Waals surface area contributed by atoms with Crippen LogP contribution < -0.4 is 9.80 Å². The second-order valence-electron chi connectivity index (χ2n) is 14.5. The van der Waals surface area contributed by atoms with Gasteiger partial charge in [0.25, 0.3) is 5.91 Å². The van der Waals surface area contributed by atoms with Crippen LogP contribution in [0.5, 0.6) is 0 Å². The number of hydrogen-bond donors (Lipinski definition) is 1. The van der Waals surface area contributed by atoms with E-state index in [0.29, 0.717) is 42.7 Å². The van der Waals surface area contributed by atoms with Gasteiger partial charge in [-0.1, -0.05) is 31.2 Å². The Morgan fingerprint density at radius 1 is 1.08 bits per heavy atom. The molecule has 2 saturated heterocycles. The lowest BCUT2D eigenvalue weighted by Crippen LogP contribution is -2.55. The monoisotopic (exact) mass is 723 g/mol. The zero-order chi connectivity index (χ0) is 36.8. The number of benzene rings is 2. The highest BCUT2D eigenvalue weighted by Crippen LogP contribution is 2.61. The van der Waals surface area contributed by atoms with Crippen LogP contribution >= 0.6 is 0 Å². The molecule has 0 bridgehead atoms. The van der Waals surface area contributed by atoms with Crippen LogP contribution in [0, 0.1) is 5.92 Å². The number of ether oxygens (including phenoxy) is 3. The summed E-state index contributed by atoms with van der Waals surface area (Å²) in [5, 5.41) is 10.3. The summed E-state index contributed by atoms with van der Waals surface area (Å²) in [6.45, 7) is 6.49. The number of amides is 3. The molecule has 1 spiro atoms. The van der Waals surface area contributed by atoms with Crippen LogP contribution in [0.3, 0.4) is 0 Å². The van der Waals surface area contributed by atoms with Gasteiger partial charge in [0, 0.05) is 49.1 Å². The number of unbranched alkanes of at least 4 members (excludes halogenated alkanes) is 1. The molecule has 4 heterocycles. The molecule has 4 aliphatic rings. The molecule has 0 aliphatic carbocycles. The van der Waals surface area contributed by atoms with Crippen molar-refractivity contribution < 1.29 is 47.4 Å². The van der Waals surface area contributed by atoms with Gasteiger partial charge in [0.15, 0.2) is 11.8 Å². The molecule has 14 heteroatoms. The van der Waals surface area contributed by atoms with Gasteiger partial charge in [0.1, 0.15) is 0 Å². The molecule has 274 valence electrons. The Balaban J connectivity index is 1.36. The van der Waals surface area contributed by atoms with Crippen molar-refractivity contribution >= 4 is 49.4 Å². The van der Waals surface area contributed by atoms with Crippen molar-refractivity contribution in [3.05, 3.63) is 59.2 Å². The van der Waals surface area contributed by atoms with Crippen LogP contribution in [0.2, 0.25) is 18.6 Å². The van der Waals surface area contributed by atoms with E-state index in [1.165, 1.54) is 18.9 Å². The standard InChI is InChI=1S/C37H46FN3O9Si/c1-22-35(51(4,5)38)30(18-31(44)40-20-25-11-7-6-10-24(25)16-27(40)21-42)50-37(22)28-17-26(41-32(45)19-33(41)49-23(2)43)13-14-29(28)39(36(37)47)15-9-8-12-34(46)48-3/h6-7,10-11,13-14,17,22,27,30,33,35,42H,8-9,12,15-16,18-21H2,1-5H3/t22-,27+,30+,33?,35-,37+/m1/s1. The SMILES string of the molecule is COC(=O)CCCCN1C(=O)[C@@]2(O[C@@H](CC(=O)N3Cc4ccccc4C[C@H]3CO)[C@H]([Si](C)(C)F)[C@H]2C)c2cc(N3C(=O)CC3OC(C)=O)ccc21. The van der Waals surface area contributed by atoms with Gasteiger partial charge in [0.05, 0.1) is 44.4 Å². The number of halogens is 1. The Hall–Kier alpha value is -4.14. The van der Waals surface area contributed by atoms with E-state index in [9.17, 15) is 29.1 Å². The summed E-state index contributed by atoms with van der Waals surface area (Å²) in [5.74, 6) is -2.55. The molecule has 0 saturated carbocycles. The molecule has 2 aromatic carbocycles. The fourth-order valence-electron chi connectivity index (χ4n) is 8.56. The second kappa shape index (κ2) is 14.1. The fraction of sp³-hybridized carbons (Fsp3) is 0.541. The number of carbonyl (C=O) groups is 5. The number of aliphatic hydroxyl groups is 1. The van der Waals surface area contributed by atoms with E-state index in [1.807, 2.05) is 24.3 Å². The molecule has 6 atom stereocenters. The molecule has 12 nitrogen and oxygen atoms in total. The van der Waals surface area contributed by atoms with Crippen LogP contribution in [0.15, 0.2) is 42.5 Å². The predicted octanol–water partition coefficient (Wildman–Crippen LogP) is 4.11. The topological polar surface area (TPSA) is 143 Å². The van der Waals surface area contributed by atoms with Gasteiger partial charge in [-0.2, -0.15) is 0 Å². The van der Waals surface area contributed by atoms with Gasteiger partial charge in [-0.05, 0) is 61.7 Å². The average molecular weight is 724 g/mol. The molecule has 0 aromatic heterocycles. The van der Waals surface area contributed by atoms with Gasteiger partial charge in [-0.15, -0.1) is 0 Å². The predicted molar refractivity (Wildman–Crippen MR) is 187 cm³/mol. The second-order valence-corrected chi connectivity index (χ2v) is 18.3. The lowest BCUT2D eigenvalue weighted by molar-refractivity contribution is -0.154. The molecular weight excluding hydrogens is 678 g/mol. The van der Waals surface area contributed by atoms with Crippen LogP contribution in [0.25, 0.3) is 0 Å². The summed E-state index contributed by atoms with van der Waals surface area (Å²) in [4.78, 5) is 69.8. The van der Waals surface area contributed by atoms with Crippen LogP contribution in [0.1, 0.15) is 62.6 Å².